The highest BCUT2D eigenvalue weighted by molar-refractivity contribution is 7.89. The average Bonchev–Trinajstić information content (AvgIpc) is 2.90. The van der Waals surface area contributed by atoms with Gasteiger partial charge in [0.1, 0.15) is 5.75 Å². The summed E-state index contributed by atoms with van der Waals surface area (Å²) in [5, 5.41) is 2.64. The zero-order valence-electron chi connectivity index (χ0n) is 12.8. The number of benzene rings is 1. The van der Waals surface area contributed by atoms with E-state index in [4.69, 9.17) is 4.74 Å². The number of nitrogens with one attached hydrogen (secondary N) is 1. The molecule has 0 saturated heterocycles. The number of carbonyl (C=O) groups is 1. The van der Waals surface area contributed by atoms with Gasteiger partial charge in [-0.15, -0.1) is 0 Å². The van der Waals surface area contributed by atoms with E-state index in [1.807, 2.05) is 4.57 Å². The van der Waals surface area contributed by atoms with E-state index in [9.17, 15) is 13.2 Å². The molecule has 1 amide bonds. The van der Waals surface area contributed by atoms with Gasteiger partial charge in [0.15, 0.2) is 6.61 Å². The van der Waals surface area contributed by atoms with E-state index >= 15 is 0 Å². The summed E-state index contributed by atoms with van der Waals surface area (Å²) in [5.41, 5.74) is 1.25. The van der Waals surface area contributed by atoms with Crippen molar-refractivity contribution in [3.63, 3.8) is 0 Å². The standard InChI is InChI=1S/C15H16N4O4S/c20-15-9-23-14-3-2-12(6-13(14)17-15)24(21,22)19-5-1-4-18-10-16-7-11(18)8-19/h2-3,6-7,10H,1,4-5,8-9H2,(H,17,20). The first-order chi connectivity index (χ1) is 11.5. The summed E-state index contributed by atoms with van der Waals surface area (Å²) in [5.74, 6) is 0.179. The Kier molecular flexibility index (Phi) is 3.54. The number of carbonyl (C=O) groups excluding carboxylic acids is 1. The average molecular weight is 348 g/mol. The van der Waals surface area contributed by atoms with Gasteiger partial charge in [0.25, 0.3) is 5.91 Å². The van der Waals surface area contributed by atoms with Crippen molar-refractivity contribution in [3.05, 3.63) is 36.4 Å². The first kappa shape index (κ1) is 15.2. The van der Waals surface area contributed by atoms with Gasteiger partial charge in [0.2, 0.25) is 10.0 Å². The molecule has 0 fully saturated rings. The highest BCUT2D eigenvalue weighted by Crippen LogP contribution is 2.31. The van der Waals surface area contributed by atoms with Gasteiger partial charge < -0.3 is 14.6 Å². The van der Waals surface area contributed by atoms with Crippen LogP contribution >= 0.6 is 0 Å². The van der Waals surface area contributed by atoms with Gasteiger partial charge in [-0.25, -0.2) is 13.4 Å². The Bertz CT molecular complexity index is 906. The minimum atomic E-state index is -3.67. The summed E-state index contributed by atoms with van der Waals surface area (Å²) in [6, 6.07) is 4.53. The smallest absolute Gasteiger partial charge is 0.262 e. The molecule has 1 N–H and O–H groups in total. The van der Waals surface area contributed by atoms with Crippen LogP contribution in [0, 0.1) is 0 Å². The number of imidazole rings is 1. The van der Waals surface area contributed by atoms with Crippen molar-refractivity contribution in [1.82, 2.24) is 13.9 Å². The second-order valence-corrected chi connectivity index (χ2v) is 7.70. The summed E-state index contributed by atoms with van der Waals surface area (Å²) >= 11 is 0. The highest BCUT2D eigenvalue weighted by atomic mass is 32.2. The molecular formula is C15H16N4O4S. The van der Waals surface area contributed by atoms with Crippen LogP contribution in [-0.4, -0.2) is 41.3 Å². The molecule has 2 aromatic rings. The van der Waals surface area contributed by atoms with Gasteiger partial charge in [-0.05, 0) is 24.6 Å². The number of ether oxygens (including phenoxy) is 1. The van der Waals surface area contributed by atoms with E-state index in [0.29, 0.717) is 24.4 Å². The minimum absolute atomic E-state index is 0.0603. The predicted octanol–water partition coefficient (Wildman–Crippen LogP) is 0.809. The Balaban J connectivity index is 1.68. The molecule has 0 radical (unpaired) electrons. The quantitative estimate of drug-likeness (QED) is 0.867. The monoisotopic (exact) mass is 348 g/mol. The van der Waals surface area contributed by atoms with Gasteiger partial charge >= 0.3 is 0 Å². The Hall–Kier alpha value is -2.39. The fourth-order valence-corrected chi connectivity index (χ4v) is 4.41. The maximum atomic E-state index is 13.0. The second kappa shape index (κ2) is 5.60. The Morgan fingerprint density at radius 2 is 2.12 bits per heavy atom. The number of nitrogens with zero attached hydrogens (tertiary/aromatic N) is 3. The van der Waals surface area contributed by atoms with Crippen molar-refractivity contribution in [2.75, 3.05) is 18.5 Å². The number of fused-ring (bicyclic) bond motifs is 2. The van der Waals surface area contributed by atoms with Crippen molar-refractivity contribution in [2.24, 2.45) is 0 Å². The molecule has 0 saturated carbocycles. The molecule has 0 unspecified atom stereocenters. The van der Waals surface area contributed by atoms with E-state index in [1.54, 1.807) is 18.6 Å². The van der Waals surface area contributed by atoms with Crippen LogP contribution in [0.15, 0.2) is 35.6 Å². The lowest BCUT2D eigenvalue weighted by Gasteiger charge is -2.22. The molecule has 9 heteroatoms. The van der Waals surface area contributed by atoms with Gasteiger partial charge in [0, 0.05) is 19.3 Å². The van der Waals surface area contributed by atoms with Crippen LogP contribution in [0.4, 0.5) is 5.69 Å². The molecule has 2 aliphatic heterocycles. The number of sulfonamides is 1. The van der Waals surface area contributed by atoms with Crippen LogP contribution in [0.25, 0.3) is 0 Å². The highest BCUT2D eigenvalue weighted by Gasteiger charge is 2.29. The van der Waals surface area contributed by atoms with E-state index < -0.39 is 10.0 Å². The molecule has 126 valence electrons. The normalized spacial score (nSPS) is 18.1. The molecule has 1 aromatic carbocycles. The number of anilines is 1. The largest absolute Gasteiger partial charge is 0.482 e. The van der Waals surface area contributed by atoms with Gasteiger partial charge in [-0.1, -0.05) is 0 Å². The Labute approximate surface area is 139 Å². The fourth-order valence-electron chi connectivity index (χ4n) is 2.94. The maximum Gasteiger partial charge on any atom is 0.262 e. The van der Waals surface area contributed by atoms with Gasteiger partial charge in [-0.3, -0.25) is 4.79 Å². The summed E-state index contributed by atoms with van der Waals surface area (Å²) in [6.07, 6.45) is 4.12. The van der Waals surface area contributed by atoms with Crippen LogP contribution in [0.5, 0.6) is 5.75 Å². The molecule has 0 bridgehead atoms. The van der Waals surface area contributed by atoms with Crippen LogP contribution in [-0.2, 0) is 27.9 Å². The SMILES string of the molecule is O=C1COc2ccc(S(=O)(=O)N3CCCn4cncc4C3)cc2N1. The third kappa shape index (κ3) is 2.55. The molecule has 0 aliphatic carbocycles. The molecule has 2 aliphatic rings. The zero-order valence-corrected chi connectivity index (χ0v) is 13.6. The van der Waals surface area contributed by atoms with Crippen LogP contribution in [0.3, 0.4) is 0 Å². The van der Waals surface area contributed by atoms with Crippen molar-refractivity contribution in [3.8, 4) is 5.75 Å². The number of amides is 1. The molecule has 8 nitrogen and oxygen atoms in total. The Morgan fingerprint density at radius 1 is 1.25 bits per heavy atom. The molecular weight excluding hydrogens is 332 g/mol. The molecule has 0 atom stereocenters. The summed E-state index contributed by atoms with van der Waals surface area (Å²) < 4.78 is 34.7. The van der Waals surface area contributed by atoms with Crippen molar-refractivity contribution in [2.45, 2.75) is 24.4 Å². The number of hydrogen-bond donors (Lipinski definition) is 1. The van der Waals surface area contributed by atoms with E-state index in [1.165, 1.54) is 16.4 Å². The molecule has 1 aromatic heterocycles. The maximum absolute atomic E-state index is 13.0. The summed E-state index contributed by atoms with van der Waals surface area (Å²) in [6.45, 7) is 1.40. The third-order valence-electron chi connectivity index (χ3n) is 4.17. The number of rotatable bonds is 2. The van der Waals surface area contributed by atoms with E-state index in [0.717, 1.165) is 12.2 Å². The number of aromatic nitrogens is 2. The van der Waals surface area contributed by atoms with E-state index in [2.05, 4.69) is 10.3 Å². The topological polar surface area (TPSA) is 93.5 Å². The number of hydrogen-bond acceptors (Lipinski definition) is 5. The Morgan fingerprint density at radius 3 is 3.00 bits per heavy atom. The lowest BCUT2D eigenvalue weighted by Crippen LogP contribution is -2.31. The molecule has 4 rings (SSSR count). The predicted molar refractivity (Wildman–Crippen MR) is 85.0 cm³/mol. The first-order valence-corrected chi connectivity index (χ1v) is 9.04. The summed E-state index contributed by atoms with van der Waals surface area (Å²) in [4.78, 5) is 15.7. The lowest BCUT2D eigenvalue weighted by molar-refractivity contribution is -0.118. The van der Waals surface area contributed by atoms with Crippen LogP contribution in [0.1, 0.15) is 12.1 Å². The molecule has 3 heterocycles. The van der Waals surface area contributed by atoms with Crippen molar-refractivity contribution >= 4 is 21.6 Å². The lowest BCUT2D eigenvalue weighted by atomic mass is 10.2. The van der Waals surface area contributed by atoms with Crippen LogP contribution in [0.2, 0.25) is 0 Å². The first-order valence-electron chi connectivity index (χ1n) is 7.60. The van der Waals surface area contributed by atoms with Gasteiger partial charge in [0.05, 0.1) is 29.1 Å². The zero-order chi connectivity index (χ0) is 16.7. The van der Waals surface area contributed by atoms with Crippen molar-refractivity contribution < 1.29 is 17.9 Å². The van der Waals surface area contributed by atoms with Crippen LogP contribution < -0.4 is 10.1 Å². The molecule has 0 spiro atoms. The minimum Gasteiger partial charge on any atom is -0.482 e. The van der Waals surface area contributed by atoms with Crippen molar-refractivity contribution in [1.29, 1.82) is 0 Å². The fraction of sp³-hybridized carbons (Fsp3) is 0.333. The number of aryl methyl sites for hydroxylation is 1. The van der Waals surface area contributed by atoms with Gasteiger partial charge in [-0.2, -0.15) is 4.31 Å². The summed E-state index contributed by atoms with van der Waals surface area (Å²) in [7, 11) is -3.67. The van der Waals surface area contributed by atoms with E-state index in [-0.39, 0.29) is 24.0 Å². The molecule has 24 heavy (non-hydrogen) atoms. The third-order valence-corrected chi connectivity index (χ3v) is 6.01. The second-order valence-electron chi connectivity index (χ2n) is 5.77.